The molecule has 4 aliphatic rings. The lowest BCUT2D eigenvalue weighted by atomic mass is 9.95. The molecule has 51 heavy (non-hydrogen) atoms. The van der Waals surface area contributed by atoms with Gasteiger partial charge in [0.25, 0.3) is 0 Å². The highest BCUT2D eigenvalue weighted by Crippen LogP contribution is 2.33. The number of aliphatic hydroxyl groups excluding tert-OH is 12. The molecule has 0 saturated carbocycles. The normalized spacial score (nSPS) is 47.8. The first-order valence-electron chi connectivity index (χ1n) is 16.1. The molecule has 4 heterocycles. The topological polar surface area (TPSA) is 366 Å². The summed E-state index contributed by atoms with van der Waals surface area (Å²) in [6.45, 7) is -1.00. The molecule has 0 aromatic rings. The summed E-state index contributed by atoms with van der Waals surface area (Å²) in [5, 5.41) is 129. The van der Waals surface area contributed by atoms with Crippen LogP contribution in [-0.2, 0) is 42.7 Å². The van der Waals surface area contributed by atoms with Crippen LogP contribution in [0.4, 0.5) is 0 Å². The Kier molecular flexibility index (Phi) is 14.8. The standard InChI is InChI=1S/C28H48N2O21/c1-7(34)29-13-18(39)15(36)9(3-31)47-26(13)45-6-12-16(37)19(40)14(30-8(2)35)27(49-12)51-24-17(38)10(4-32)48-28(22(24)43)50-23-11(5-33)46-25(44)21(42)20(23)41/h9-28,31-33,36-44H,3-6H2,1-2H3,(H,29,34)(H,30,35)/t9-,10-,11-,12-,13-,14-,15-,16+,17+,18-,19-,20-,21-,22-,23-,24+,25-,26-,27+,28+/m1/s1. The summed E-state index contributed by atoms with van der Waals surface area (Å²) in [4.78, 5) is 23.9. The van der Waals surface area contributed by atoms with Crippen LogP contribution in [0.2, 0.25) is 0 Å². The molecule has 14 N–H and O–H groups in total. The van der Waals surface area contributed by atoms with Crippen LogP contribution in [0.25, 0.3) is 0 Å². The van der Waals surface area contributed by atoms with E-state index in [1.807, 2.05) is 0 Å². The fourth-order valence-electron chi connectivity index (χ4n) is 6.25. The summed E-state index contributed by atoms with van der Waals surface area (Å²) >= 11 is 0. The molecule has 0 unspecified atom stereocenters. The number of rotatable bonds is 12. The van der Waals surface area contributed by atoms with Gasteiger partial charge in [0.2, 0.25) is 11.8 Å². The summed E-state index contributed by atoms with van der Waals surface area (Å²) < 4.78 is 38.9. The van der Waals surface area contributed by atoms with Crippen molar-refractivity contribution < 1.29 is 104 Å². The van der Waals surface area contributed by atoms with Crippen molar-refractivity contribution in [3.63, 3.8) is 0 Å². The van der Waals surface area contributed by atoms with Crippen molar-refractivity contribution in [2.75, 3.05) is 26.4 Å². The number of hydrogen-bond acceptors (Lipinski definition) is 21. The molecule has 20 atom stereocenters. The van der Waals surface area contributed by atoms with Gasteiger partial charge in [0.05, 0.1) is 26.4 Å². The third-order valence-electron chi connectivity index (χ3n) is 8.99. The molecule has 0 bridgehead atoms. The number of carbonyl (C=O) groups is 2. The van der Waals surface area contributed by atoms with E-state index in [-0.39, 0.29) is 0 Å². The van der Waals surface area contributed by atoms with E-state index in [1.54, 1.807) is 0 Å². The van der Waals surface area contributed by atoms with Crippen LogP contribution in [0.5, 0.6) is 0 Å². The molecule has 0 spiro atoms. The zero-order valence-electron chi connectivity index (χ0n) is 27.4. The Labute approximate surface area is 289 Å². The molecule has 4 saturated heterocycles. The fraction of sp³-hybridized carbons (Fsp3) is 0.929. The zero-order valence-corrected chi connectivity index (χ0v) is 27.4. The number of carbonyl (C=O) groups excluding carboxylic acids is 2. The zero-order chi connectivity index (χ0) is 37.9. The Morgan fingerprint density at radius 2 is 0.980 bits per heavy atom. The van der Waals surface area contributed by atoms with Gasteiger partial charge in [0, 0.05) is 13.8 Å². The maximum Gasteiger partial charge on any atom is 0.217 e. The summed E-state index contributed by atoms with van der Waals surface area (Å²) in [6.07, 6.45) is -31.3. The first-order valence-corrected chi connectivity index (χ1v) is 16.1. The second-order valence-electron chi connectivity index (χ2n) is 12.7. The van der Waals surface area contributed by atoms with E-state index in [9.17, 15) is 70.9 Å². The number of ether oxygens (including phenoxy) is 7. The summed E-state index contributed by atoms with van der Waals surface area (Å²) in [6, 6.07) is -2.96. The van der Waals surface area contributed by atoms with Crippen LogP contribution in [0.3, 0.4) is 0 Å². The minimum atomic E-state index is -2.03. The van der Waals surface area contributed by atoms with Gasteiger partial charge in [-0.15, -0.1) is 0 Å². The van der Waals surface area contributed by atoms with Gasteiger partial charge in [0.15, 0.2) is 25.2 Å². The van der Waals surface area contributed by atoms with Crippen LogP contribution in [0.15, 0.2) is 0 Å². The average Bonchev–Trinajstić information content (AvgIpc) is 3.08. The Bertz CT molecular complexity index is 1140. The average molecular weight is 749 g/mol. The van der Waals surface area contributed by atoms with Crippen LogP contribution < -0.4 is 10.6 Å². The van der Waals surface area contributed by atoms with Crippen LogP contribution >= 0.6 is 0 Å². The van der Waals surface area contributed by atoms with Crippen molar-refractivity contribution in [3.05, 3.63) is 0 Å². The molecule has 4 fully saturated rings. The van der Waals surface area contributed by atoms with Crippen molar-refractivity contribution in [2.45, 2.75) is 137 Å². The first-order chi connectivity index (χ1) is 24.0. The van der Waals surface area contributed by atoms with Crippen LogP contribution in [0, 0.1) is 0 Å². The quantitative estimate of drug-likeness (QED) is 0.0881. The highest BCUT2D eigenvalue weighted by atomic mass is 16.8. The van der Waals surface area contributed by atoms with E-state index in [0.29, 0.717) is 0 Å². The SMILES string of the molecule is CC(=O)N[C@H]1[C@H](O[C@H]2[C@@H](O)[C@@H](CO)O[C@@H](O[C@H]3[C@H](O)[C@@H](O)[C@H](O)O[C@@H]3CO)[C@@H]2O)O[C@H](CO[C@@H]2O[C@H](CO)[C@@H](O)[C@H](O)[C@H]2NC(C)=O)[C@H](O)[C@@H]1O. The number of nitrogens with one attached hydrogen (secondary N) is 2. The van der Waals surface area contributed by atoms with Crippen LogP contribution in [0.1, 0.15) is 13.8 Å². The van der Waals surface area contributed by atoms with Crippen molar-refractivity contribution >= 4 is 11.8 Å². The molecular weight excluding hydrogens is 700 g/mol. The predicted molar refractivity (Wildman–Crippen MR) is 157 cm³/mol. The van der Waals surface area contributed by atoms with Gasteiger partial charge in [0.1, 0.15) is 97.5 Å². The molecule has 0 radical (unpaired) electrons. The molecule has 2 amide bonds. The van der Waals surface area contributed by atoms with Gasteiger partial charge >= 0.3 is 0 Å². The van der Waals surface area contributed by atoms with Crippen molar-refractivity contribution in [1.29, 1.82) is 0 Å². The predicted octanol–water partition coefficient (Wildman–Crippen LogP) is -9.46. The molecule has 23 nitrogen and oxygen atoms in total. The van der Waals surface area contributed by atoms with E-state index in [0.717, 1.165) is 13.8 Å². The molecule has 0 aromatic carbocycles. The summed E-state index contributed by atoms with van der Waals surface area (Å²) in [5.74, 6) is -1.39. The summed E-state index contributed by atoms with van der Waals surface area (Å²) in [5.41, 5.74) is 0. The maximum absolute atomic E-state index is 12.1. The maximum atomic E-state index is 12.1. The molecule has 4 aliphatic heterocycles. The molecule has 23 heteroatoms. The van der Waals surface area contributed by atoms with Gasteiger partial charge < -0.3 is 105 Å². The molecule has 296 valence electrons. The van der Waals surface area contributed by atoms with E-state index >= 15 is 0 Å². The highest BCUT2D eigenvalue weighted by molar-refractivity contribution is 5.73. The second kappa shape index (κ2) is 18.0. The minimum Gasteiger partial charge on any atom is -0.394 e. The Balaban J connectivity index is 1.55. The van der Waals surface area contributed by atoms with Crippen molar-refractivity contribution in [2.24, 2.45) is 0 Å². The lowest BCUT2D eigenvalue weighted by molar-refractivity contribution is -0.374. The lowest BCUT2D eigenvalue weighted by Crippen LogP contribution is -2.69. The van der Waals surface area contributed by atoms with E-state index in [2.05, 4.69) is 10.6 Å². The van der Waals surface area contributed by atoms with Gasteiger partial charge in [-0.2, -0.15) is 0 Å². The Morgan fingerprint density at radius 1 is 0.510 bits per heavy atom. The largest absolute Gasteiger partial charge is 0.394 e. The van der Waals surface area contributed by atoms with Gasteiger partial charge in [-0.1, -0.05) is 0 Å². The lowest BCUT2D eigenvalue weighted by Gasteiger charge is -2.49. The van der Waals surface area contributed by atoms with E-state index < -0.39 is 161 Å². The Hall–Kier alpha value is -1.82. The fourth-order valence-corrected chi connectivity index (χ4v) is 6.25. The smallest absolute Gasteiger partial charge is 0.217 e. The minimum absolute atomic E-state index is 0.648. The van der Waals surface area contributed by atoms with Gasteiger partial charge in [-0.05, 0) is 0 Å². The Morgan fingerprint density at radius 3 is 1.53 bits per heavy atom. The first kappa shape index (κ1) is 41.9. The second-order valence-corrected chi connectivity index (χ2v) is 12.7. The molecule has 0 aliphatic carbocycles. The van der Waals surface area contributed by atoms with E-state index in [4.69, 9.17) is 33.2 Å². The molecule has 4 rings (SSSR count). The molecule has 0 aromatic heterocycles. The number of hydrogen-bond donors (Lipinski definition) is 14. The van der Waals surface area contributed by atoms with Gasteiger partial charge in [-0.3, -0.25) is 9.59 Å². The highest BCUT2D eigenvalue weighted by Gasteiger charge is 2.54. The molecular formula is C28H48N2O21. The third kappa shape index (κ3) is 9.29. The van der Waals surface area contributed by atoms with Crippen molar-refractivity contribution in [3.8, 4) is 0 Å². The third-order valence-corrected chi connectivity index (χ3v) is 8.99. The number of aliphatic hydroxyl groups is 12. The van der Waals surface area contributed by atoms with Gasteiger partial charge in [-0.25, -0.2) is 0 Å². The monoisotopic (exact) mass is 748 g/mol. The van der Waals surface area contributed by atoms with Crippen molar-refractivity contribution in [1.82, 2.24) is 10.6 Å². The summed E-state index contributed by atoms with van der Waals surface area (Å²) in [7, 11) is 0. The van der Waals surface area contributed by atoms with Crippen LogP contribution in [-0.4, -0.2) is 222 Å². The number of amides is 2. The van der Waals surface area contributed by atoms with E-state index in [1.165, 1.54) is 0 Å².